The van der Waals surface area contributed by atoms with Gasteiger partial charge >= 0.3 is 0 Å². The second-order valence-corrected chi connectivity index (χ2v) is 6.05. The van der Waals surface area contributed by atoms with Gasteiger partial charge in [-0.3, -0.25) is 4.79 Å². The highest BCUT2D eigenvalue weighted by Gasteiger charge is 2.23. The third-order valence-electron chi connectivity index (χ3n) is 3.68. The molecule has 1 unspecified atom stereocenters. The molecule has 4 heteroatoms. The molecule has 0 aromatic carbocycles. The van der Waals surface area contributed by atoms with Crippen LogP contribution in [0.1, 0.15) is 47.8 Å². The van der Waals surface area contributed by atoms with Gasteiger partial charge in [-0.2, -0.15) is 0 Å². The molecule has 0 radical (unpaired) electrons. The number of likely N-dealkylation sites (tertiary alicyclic amines) is 1. The van der Waals surface area contributed by atoms with Crippen molar-refractivity contribution in [3.63, 3.8) is 0 Å². The number of hydrogen-bond acceptors (Lipinski definition) is 3. The average Bonchev–Trinajstić information content (AvgIpc) is 2.95. The minimum atomic E-state index is 0.0797. The number of amides is 1. The second kappa shape index (κ2) is 7.47. The van der Waals surface area contributed by atoms with Crippen LogP contribution in [-0.2, 0) is 0 Å². The van der Waals surface area contributed by atoms with Gasteiger partial charge in [-0.05, 0) is 24.8 Å². The highest BCUT2D eigenvalue weighted by atomic mass is 32.1. The van der Waals surface area contributed by atoms with Crippen LogP contribution in [-0.4, -0.2) is 35.6 Å². The summed E-state index contributed by atoms with van der Waals surface area (Å²) in [6, 6.07) is 1.87. The van der Waals surface area contributed by atoms with Crippen LogP contribution < -0.4 is 0 Å². The SMILES string of the molecule is CCC1CCCN(C(=O)c2csc(C#CCCO)c2)C1. The molecule has 0 saturated carbocycles. The Morgan fingerprint density at radius 3 is 3.20 bits per heavy atom. The molecule has 1 amide bonds. The lowest BCUT2D eigenvalue weighted by molar-refractivity contribution is 0.0672. The standard InChI is InChI=1S/C16H21NO2S/c1-2-13-6-5-8-17(11-13)16(19)14-10-15(20-12-14)7-3-4-9-18/h10,12-13,18H,2,4-6,8-9,11H2,1H3. The molecule has 1 aliphatic rings. The summed E-state index contributed by atoms with van der Waals surface area (Å²) in [5, 5.41) is 10.6. The van der Waals surface area contributed by atoms with E-state index in [1.165, 1.54) is 17.8 Å². The molecule has 1 saturated heterocycles. The first-order valence-corrected chi connectivity index (χ1v) is 8.10. The summed E-state index contributed by atoms with van der Waals surface area (Å²) in [6.45, 7) is 4.03. The van der Waals surface area contributed by atoms with Gasteiger partial charge in [0.15, 0.2) is 0 Å². The molecule has 1 aromatic heterocycles. The van der Waals surface area contributed by atoms with E-state index in [0.717, 1.165) is 36.4 Å². The monoisotopic (exact) mass is 291 g/mol. The highest BCUT2D eigenvalue weighted by Crippen LogP contribution is 2.22. The lowest BCUT2D eigenvalue weighted by Gasteiger charge is -2.32. The van der Waals surface area contributed by atoms with Crippen LogP contribution in [0.5, 0.6) is 0 Å². The number of thiophene rings is 1. The van der Waals surface area contributed by atoms with Gasteiger partial charge in [0.25, 0.3) is 5.91 Å². The summed E-state index contributed by atoms with van der Waals surface area (Å²) >= 11 is 1.50. The van der Waals surface area contributed by atoms with Crippen molar-refractivity contribution in [2.45, 2.75) is 32.6 Å². The maximum absolute atomic E-state index is 12.4. The fraction of sp³-hybridized carbons (Fsp3) is 0.562. The smallest absolute Gasteiger partial charge is 0.254 e. The van der Waals surface area contributed by atoms with E-state index in [2.05, 4.69) is 18.8 Å². The molecule has 1 N–H and O–H groups in total. The van der Waals surface area contributed by atoms with Crippen LogP contribution in [0.2, 0.25) is 0 Å². The average molecular weight is 291 g/mol. The number of hydrogen-bond donors (Lipinski definition) is 1. The molecular formula is C16H21NO2S. The fourth-order valence-electron chi connectivity index (χ4n) is 2.48. The molecule has 2 heterocycles. The lowest BCUT2D eigenvalue weighted by Crippen LogP contribution is -2.39. The van der Waals surface area contributed by atoms with E-state index in [9.17, 15) is 4.79 Å². The van der Waals surface area contributed by atoms with Crippen LogP contribution >= 0.6 is 11.3 Å². The van der Waals surface area contributed by atoms with Crippen molar-refractivity contribution in [2.24, 2.45) is 5.92 Å². The van der Waals surface area contributed by atoms with Crippen LogP contribution in [0.25, 0.3) is 0 Å². The first-order valence-electron chi connectivity index (χ1n) is 7.22. The summed E-state index contributed by atoms with van der Waals surface area (Å²) in [5.74, 6) is 6.65. The van der Waals surface area contributed by atoms with Gasteiger partial charge in [-0.15, -0.1) is 11.3 Å². The first-order chi connectivity index (χ1) is 9.74. The molecule has 20 heavy (non-hydrogen) atoms. The predicted molar refractivity (Wildman–Crippen MR) is 81.8 cm³/mol. The van der Waals surface area contributed by atoms with Gasteiger partial charge in [-0.25, -0.2) is 0 Å². The Hall–Kier alpha value is -1.31. The minimum absolute atomic E-state index is 0.0797. The quantitative estimate of drug-likeness (QED) is 0.870. The van der Waals surface area contributed by atoms with Gasteiger partial charge in [0.05, 0.1) is 17.0 Å². The van der Waals surface area contributed by atoms with Crippen molar-refractivity contribution in [3.8, 4) is 11.8 Å². The number of carbonyl (C=O) groups excluding carboxylic acids is 1. The summed E-state index contributed by atoms with van der Waals surface area (Å²) < 4.78 is 0. The van der Waals surface area contributed by atoms with E-state index in [0.29, 0.717) is 12.3 Å². The van der Waals surface area contributed by atoms with Crippen molar-refractivity contribution >= 4 is 17.2 Å². The summed E-state index contributed by atoms with van der Waals surface area (Å²) in [7, 11) is 0. The zero-order chi connectivity index (χ0) is 14.4. The molecule has 0 aliphatic carbocycles. The third kappa shape index (κ3) is 3.84. The Bertz CT molecular complexity index is 512. The predicted octanol–water partition coefficient (Wildman–Crippen LogP) is 2.74. The molecular weight excluding hydrogens is 270 g/mol. The normalized spacial score (nSPS) is 18.5. The molecule has 1 aromatic rings. The molecule has 0 bridgehead atoms. The second-order valence-electron chi connectivity index (χ2n) is 5.14. The van der Waals surface area contributed by atoms with Gasteiger partial charge in [0.1, 0.15) is 0 Å². The number of carbonyl (C=O) groups is 1. The molecule has 108 valence electrons. The van der Waals surface area contributed by atoms with Crippen molar-refractivity contribution in [1.82, 2.24) is 4.90 Å². The zero-order valence-electron chi connectivity index (χ0n) is 11.9. The Morgan fingerprint density at radius 2 is 2.45 bits per heavy atom. The Morgan fingerprint density at radius 1 is 1.60 bits per heavy atom. The maximum Gasteiger partial charge on any atom is 0.254 e. The molecule has 0 spiro atoms. The van der Waals surface area contributed by atoms with Crippen molar-refractivity contribution in [2.75, 3.05) is 19.7 Å². The topological polar surface area (TPSA) is 40.5 Å². The Balaban J connectivity index is 2.01. The summed E-state index contributed by atoms with van der Waals surface area (Å²) in [6.07, 6.45) is 3.97. The summed E-state index contributed by atoms with van der Waals surface area (Å²) in [5.41, 5.74) is 0.750. The van der Waals surface area contributed by atoms with Crippen molar-refractivity contribution in [3.05, 3.63) is 21.9 Å². The zero-order valence-corrected chi connectivity index (χ0v) is 12.7. The van der Waals surface area contributed by atoms with Crippen LogP contribution in [0, 0.1) is 17.8 Å². The molecule has 2 rings (SSSR count). The van der Waals surface area contributed by atoms with E-state index in [1.54, 1.807) is 0 Å². The Kier molecular flexibility index (Phi) is 5.63. The number of aliphatic hydroxyl groups is 1. The minimum Gasteiger partial charge on any atom is -0.395 e. The molecule has 1 fully saturated rings. The lowest BCUT2D eigenvalue weighted by atomic mass is 9.95. The maximum atomic E-state index is 12.4. The van der Waals surface area contributed by atoms with Gasteiger partial charge in [-0.1, -0.05) is 25.2 Å². The van der Waals surface area contributed by atoms with Gasteiger partial charge in [0.2, 0.25) is 0 Å². The van der Waals surface area contributed by atoms with Crippen LogP contribution in [0.4, 0.5) is 0 Å². The molecule has 3 nitrogen and oxygen atoms in total. The number of aliphatic hydroxyl groups excluding tert-OH is 1. The van der Waals surface area contributed by atoms with E-state index < -0.39 is 0 Å². The third-order valence-corrected chi connectivity index (χ3v) is 4.52. The van der Waals surface area contributed by atoms with E-state index >= 15 is 0 Å². The number of piperidine rings is 1. The number of rotatable bonds is 3. The van der Waals surface area contributed by atoms with Crippen molar-refractivity contribution in [1.29, 1.82) is 0 Å². The van der Waals surface area contributed by atoms with E-state index in [-0.39, 0.29) is 12.5 Å². The van der Waals surface area contributed by atoms with Crippen LogP contribution in [0.15, 0.2) is 11.4 Å². The molecule has 1 aliphatic heterocycles. The first kappa shape index (κ1) is 15.1. The largest absolute Gasteiger partial charge is 0.395 e. The molecule has 1 atom stereocenters. The van der Waals surface area contributed by atoms with Crippen molar-refractivity contribution < 1.29 is 9.90 Å². The highest BCUT2D eigenvalue weighted by molar-refractivity contribution is 7.10. The number of nitrogens with zero attached hydrogens (tertiary/aromatic N) is 1. The summed E-state index contributed by atoms with van der Waals surface area (Å²) in [4.78, 5) is 15.3. The van der Waals surface area contributed by atoms with E-state index in [1.807, 2.05) is 16.3 Å². The van der Waals surface area contributed by atoms with Gasteiger partial charge < -0.3 is 10.0 Å². The Labute approximate surface area is 124 Å². The van der Waals surface area contributed by atoms with Crippen LogP contribution in [0.3, 0.4) is 0 Å². The van der Waals surface area contributed by atoms with E-state index in [4.69, 9.17) is 5.11 Å². The van der Waals surface area contributed by atoms with Gasteiger partial charge in [0, 0.05) is 24.9 Å². The fourth-order valence-corrected chi connectivity index (χ4v) is 3.23.